The van der Waals surface area contributed by atoms with Crippen LogP contribution in [-0.4, -0.2) is 28.2 Å². The van der Waals surface area contributed by atoms with Crippen molar-refractivity contribution in [3.05, 3.63) is 57.9 Å². The Bertz CT molecular complexity index is 964. The van der Waals surface area contributed by atoms with Crippen LogP contribution in [0, 0.1) is 13.8 Å². The first-order chi connectivity index (χ1) is 13.1. The van der Waals surface area contributed by atoms with Crippen molar-refractivity contribution in [1.29, 1.82) is 0 Å². The largest absolute Gasteiger partial charge is 0.351 e. The van der Waals surface area contributed by atoms with Crippen LogP contribution >= 0.6 is 23.1 Å². The third-order valence-corrected chi connectivity index (χ3v) is 7.00. The maximum atomic E-state index is 12.7. The molecule has 0 radical (unpaired) electrons. The van der Waals surface area contributed by atoms with Gasteiger partial charge in [-0.2, -0.15) is 11.8 Å². The molecule has 1 aliphatic rings. The smallest absolute Gasteiger partial charge is 0.261 e. The average molecular weight is 398 g/mol. The molecule has 140 valence electrons. The molecule has 0 aliphatic heterocycles. The average Bonchev–Trinajstić information content (AvgIpc) is 3.46. The highest BCUT2D eigenvalue weighted by molar-refractivity contribution is 7.98. The van der Waals surface area contributed by atoms with Gasteiger partial charge in [-0.05, 0) is 37.8 Å². The van der Waals surface area contributed by atoms with Gasteiger partial charge in [-0.15, -0.1) is 11.3 Å². The quantitative estimate of drug-likeness (QED) is 0.579. The molecule has 1 saturated carbocycles. The molecule has 1 amide bonds. The first kappa shape index (κ1) is 18.4. The third-order valence-electron chi connectivity index (χ3n) is 4.78. The molecule has 6 heteroatoms. The fourth-order valence-electron chi connectivity index (χ4n) is 3.18. The molecule has 0 unspecified atom stereocenters. The highest BCUT2D eigenvalue weighted by Crippen LogP contribution is 2.40. The molecule has 0 atom stereocenters. The lowest BCUT2D eigenvalue weighted by molar-refractivity contribution is 0.0960. The molecule has 0 saturated heterocycles. The fourth-order valence-corrected chi connectivity index (χ4v) is 5.16. The van der Waals surface area contributed by atoms with Crippen molar-refractivity contribution in [3.63, 3.8) is 0 Å². The van der Waals surface area contributed by atoms with Crippen LogP contribution in [0.4, 0.5) is 0 Å². The van der Waals surface area contributed by atoms with Gasteiger partial charge in [0.05, 0.1) is 10.6 Å². The Balaban J connectivity index is 1.37. The van der Waals surface area contributed by atoms with Gasteiger partial charge < -0.3 is 5.32 Å². The van der Waals surface area contributed by atoms with Gasteiger partial charge in [0.15, 0.2) is 0 Å². The minimum absolute atomic E-state index is 0.00295. The number of amides is 1. The second-order valence-electron chi connectivity index (χ2n) is 6.97. The van der Waals surface area contributed by atoms with Crippen LogP contribution in [0.15, 0.2) is 30.3 Å². The van der Waals surface area contributed by atoms with E-state index < -0.39 is 0 Å². The number of hydrogen-bond donors (Lipinski definition) is 1. The molecule has 0 spiro atoms. The number of aryl methyl sites for hydroxylation is 2. The summed E-state index contributed by atoms with van der Waals surface area (Å²) in [6.07, 6.45) is 2.37. The van der Waals surface area contributed by atoms with E-state index in [-0.39, 0.29) is 5.91 Å². The zero-order chi connectivity index (χ0) is 18.8. The molecule has 1 N–H and O–H groups in total. The Morgan fingerprint density at radius 2 is 2.00 bits per heavy atom. The number of benzene rings is 1. The maximum absolute atomic E-state index is 12.7. The molecule has 4 nitrogen and oxygen atoms in total. The Morgan fingerprint density at radius 3 is 2.74 bits per heavy atom. The van der Waals surface area contributed by atoms with Crippen LogP contribution in [0.1, 0.15) is 51.1 Å². The summed E-state index contributed by atoms with van der Waals surface area (Å²) in [4.78, 5) is 23.8. The third kappa shape index (κ3) is 4.17. The number of fused-ring (bicyclic) bond motifs is 1. The van der Waals surface area contributed by atoms with Crippen molar-refractivity contribution in [1.82, 2.24) is 15.3 Å². The summed E-state index contributed by atoms with van der Waals surface area (Å²) in [7, 11) is 0. The van der Waals surface area contributed by atoms with Crippen molar-refractivity contribution >= 4 is 39.2 Å². The van der Waals surface area contributed by atoms with Crippen LogP contribution < -0.4 is 5.32 Å². The topological polar surface area (TPSA) is 54.9 Å². The van der Waals surface area contributed by atoms with Crippen LogP contribution in [0.5, 0.6) is 0 Å². The molecule has 3 aromatic rings. The predicted molar refractivity (Wildman–Crippen MR) is 114 cm³/mol. The summed E-state index contributed by atoms with van der Waals surface area (Å²) in [5, 5.41) is 4.11. The maximum Gasteiger partial charge on any atom is 0.261 e. The number of nitrogens with one attached hydrogen (secondary N) is 1. The summed E-state index contributed by atoms with van der Waals surface area (Å²) in [6.45, 7) is 4.70. The summed E-state index contributed by atoms with van der Waals surface area (Å²) in [5.41, 5.74) is 3.31. The van der Waals surface area contributed by atoms with Gasteiger partial charge in [-0.25, -0.2) is 9.97 Å². The van der Waals surface area contributed by atoms with E-state index in [0.29, 0.717) is 12.5 Å². The van der Waals surface area contributed by atoms with E-state index in [1.165, 1.54) is 29.7 Å². The second-order valence-corrected chi connectivity index (χ2v) is 9.08. The lowest BCUT2D eigenvalue weighted by Crippen LogP contribution is -2.25. The van der Waals surface area contributed by atoms with Crippen LogP contribution in [-0.2, 0) is 5.75 Å². The van der Waals surface area contributed by atoms with Crippen LogP contribution in [0.3, 0.4) is 0 Å². The molecular formula is C21H23N3OS2. The van der Waals surface area contributed by atoms with E-state index in [2.05, 4.69) is 34.6 Å². The van der Waals surface area contributed by atoms with Crippen LogP contribution in [0.25, 0.3) is 10.2 Å². The van der Waals surface area contributed by atoms with Crippen molar-refractivity contribution in [2.45, 2.75) is 38.4 Å². The molecule has 1 fully saturated rings. The summed E-state index contributed by atoms with van der Waals surface area (Å²) in [6, 6.07) is 10.4. The first-order valence-corrected chi connectivity index (χ1v) is 11.3. The number of nitrogens with zero attached hydrogens (tertiary/aromatic N) is 2. The Morgan fingerprint density at radius 1 is 1.22 bits per heavy atom. The second kappa shape index (κ2) is 7.98. The van der Waals surface area contributed by atoms with Crippen molar-refractivity contribution in [2.24, 2.45) is 0 Å². The van der Waals surface area contributed by atoms with E-state index in [4.69, 9.17) is 4.98 Å². The lowest BCUT2D eigenvalue weighted by atomic mass is 10.1. The van der Waals surface area contributed by atoms with Gasteiger partial charge >= 0.3 is 0 Å². The molecule has 0 bridgehead atoms. The monoisotopic (exact) mass is 397 g/mol. The van der Waals surface area contributed by atoms with E-state index in [1.54, 1.807) is 0 Å². The molecule has 4 rings (SSSR count). The van der Waals surface area contributed by atoms with E-state index >= 15 is 0 Å². The van der Waals surface area contributed by atoms with Gasteiger partial charge in [0, 0.05) is 29.4 Å². The van der Waals surface area contributed by atoms with E-state index in [0.717, 1.165) is 43.7 Å². The predicted octanol–water partition coefficient (Wildman–Crippen LogP) is 4.85. The summed E-state index contributed by atoms with van der Waals surface area (Å²) >= 11 is 3.33. The molecule has 2 aromatic heterocycles. The first-order valence-electron chi connectivity index (χ1n) is 9.31. The number of rotatable bonds is 7. The normalized spacial score (nSPS) is 13.9. The van der Waals surface area contributed by atoms with Gasteiger partial charge in [-0.1, -0.05) is 30.3 Å². The number of thioether (sulfide) groups is 1. The zero-order valence-corrected chi connectivity index (χ0v) is 17.3. The van der Waals surface area contributed by atoms with Crippen LogP contribution in [0.2, 0.25) is 0 Å². The molecule has 1 aliphatic carbocycles. The van der Waals surface area contributed by atoms with Crippen molar-refractivity contribution in [3.8, 4) is 0 Å². The Labute approximate surface area is 167 Å². The Hall–Kier alpha value is -1.92. The zero-order valence-electron chi connectivity index (χ0n) is 15.6. The number of thiophene rings is 1. The number of aromatic nitrogens is 2. The molecule has 1 aromatic carbocycles. The highest BCUT2D eigenvalue weighted by Gasteiger charge is 2.28. The van der Waals surface area contributed by atoms with Gasteiger partial charge in [-0.3, -0.25) is 4.79 Å². The van der Waals surface area contributed by atoms with Crippen molar-refractivity contribution in [2.75, 3.05) is 12.3 Å². The minimum atomic E-state index is 0.00295. The SMILES string of the molecule is Cc1nc(C2CC2)nc2sc(C(=O)NCCSCc3ccccc3)c(C)c12. The molecule has 27 heavy (non-hydrogen) atoms. The molecular weight excluding hydrogens is 374 g/mol. The fraction of sp³-hybridized carbons (Fsp3) is 0.381. The van der Waals surface area contributed by atoms with Gasteiger partial charge in [0.2, 0.25) is 0 Å². The van der Waals surface area contributed by atoms with E-state index in [9.17, 15) is 4.79 Å². The summed E-state index contributed by atoms with van der Waals surface area (Å²) < 4.78 is 0. The van der Waals surface area contributed by atoms with Gasteiger partial charge in [0.25, 0.3) is 5.91 Å². The standard InChI is InChI=1S/C21H23N3OS2/c1-13-17-14(2)23-19(16-8-9-16)24-21(17)27-18(13)20(25)22-10-11-26-12-15-6-4-3-5-7-15/h3-7,16H,8-12H2,1-2H3,(H,22,25). The number of carbonyl (C=O) groups is 1. The lowest BCUT2D eigenvalue weighted by Gasteiger charge is -2.05. The highest BCUT2D eigenvalue weighted by atomic mass is 32.2. The summed E-state index contributed by atoms with van der Waals surface area (Å²) in [5.74, 6) is 3.34. The minimum Gasteiger partial charge on any atom is -0.351 e. The van der Waals surface area contributed by atoms with Gasteiger partial charge in [0.1, 0.15) is 10.7 Å². The Kier molecular flexibility index (Phi) is 5.45. The van der Waals surface area contributed by atoms with Crippen molar-refractivity contribution < 1.29 is 4.79 Å². The number of hydrogen-bond acceptors (Lipinski definition) is 5. The number of carbonyl (C=O) groups excluding carboxylic acids is 1. The molecule has 2 heterocycles. The van der Waals surface area contributed by atoms with E-state index in [1.807, 2.05) is 31.7 Å².